The van der Waals surface area contributed by atoms with E-state index in [0.29, 0.717) is 35.3 Å². The number of para-hydroxylation sites is 1. The van der Waals surface area contributed by atoms with Gasteiger partial charge >= 0.3 is 0 Å². The van der Waals surface area contributed by atoms with Crippen molar-refractivity contribution >= 4 is 28.9 Å². The third-order valence-electron chi connectivity index (χ3n) is 4.79. The van der Waals surface area contributed by atoms with Crippen LogP contribution < -0.4 is 21.5 Å². The van der Waals surface area contributed by atoms with Crippen LogP contribution in [0.5, 0.6) is 0 Å². The Bertz CT molecular complexity index is 1010. The topological polar surface area (TPSA) is 61.2 Å². The molecule has 1 heterocycles. The fraction of sp³-hybridized carbons (Fsp3) is 0.318. The first-order chi connectivity index (χ1) is 14.5. The number of rotatable bonds is 10. The van der Waals surface area contributed by atoms with Crippen molar-refractivity contribution < 1.29 is 31.2 Å². The van der Waals surface area contributed by atoms with Gasteiger partial charge in [-0.3, -0.25) is 10.1 Å². The van der Waals surface area contributed by atoms with Crippen molar-refractivity contribution in [2.75, 3.05) is 6.61 Å². The minimum atomic E-state index is -0.354. The van der Waals surface area contributed by atoms with Crippen LogP contribution in [-0.2, 0) is 17.8 Å². The molecule has 0 saturated heterocycles. The predicted octanol–water partition coefficient (Wildman–Crippen LogP) is 2.60. The molecule has 2 aromatic carbocycles. The lowest BCUT2D eigenvalue weighted by Crippen LogP contribution is -3.00. The fourth-order valence-electron chi connectivity index (χ4n) is 3.22. The highest BCUT2D eigenvalue weighted by Crippen LogP contribution is 2.30. The van der Waals surface area contributed by atoms with Crippen LogP contribution in [0.15, 0.2) is 61.2 Å². The molecule has 0 N–H and O–H groups in total. The number of hydrogen-bond acceptors (Lipinski definition) is 3. The largest absolute Gasteiger partial charge is 1.00 e. The average Bonchev–Trinajstić information content (AvgIpc) is 3.15. The number of ether oxygens (including phenoxy) is 1. The molecule has 1 aromatic heterocycles. The van der Waals surface area contributed by atoms with Gasteiger partial charge in [0, 0.05) is 28.3 Å². The number of benzene rings is 2. The van der Waals surface area contributed by atoms with Gasteiger partial charge in [-0.25, -0.2) is 9.13 Å². The molecule has 0 radical (unpaired) electrons. The molecule has 166 valence electrons. The lowest BCUT2D eigenvalue weighted by atomic mass is 10.1. The SMILES string of the molecule is CCCCOC(Cn1cc[n+](Cc2ccccc2[N+](=O)[O-])c1)c1ccc(Cl)cc1Cl.[Br-]. The van der Waals surface area contributed by atoms with Crippen LogP contribution >= 0.6 is 23.2 Å². The van der Waals surface area contributed by atoms with Crippen LogP contribution in [0.2, 0.25) is 10.0 Å². The third kappa shape index (κ3) is 7.04. The summed E-state index contributed by atoms with van der Waals surface area (Å²) in [5, 5.41) is 12.4. The molecule has 31 heavy (non-hydrogen) atoms. The van der Waals surface area contributed by atoms with E-state index in [1.807, 2.05) is 40.0 Å². The summed E-state index contributed by atoms with van der Waals surface area (Å²) in [4.78, 5) is 10.9. The van der Waals surface area contributed by atoms with Gasteiger partial charge in [0.2, 0.25) is 6.33 Å². The molecule has 0 bridgehead atoms. The number of imidazole rings is 1. The average molecular weight is 529 g/mol. The summed E-state index contributed by atoms with van der Waals surface area (Å²) in [6.07, 6.45) is 7.51. The summed E-state index contributed by atoms with van der Waals surface area (Å²) in [5.41, 5.74) is 1.66. The molecule has 0 saturated carbocycles. The molecule has 1 unspecified atom stereocenters. The highest BCUT2D eigenvalue weighted by Gasteiger charge is 2.20. The molecule has 9 heteroatoms. The van der Waals surface area contributed by atoms with Crippen molar-refractivity contribution in [3.8, 4) is 0 Å². The number of halogens is 3. The number of aromatic nitrogens is 2. The molecule has 0 aliphatic carbocycles. The molecule has 3 aromatic rings. The molecule has 0 amide bonds. The van der Waals surface area contributed by atoms with E-state index in [1.54, 1.807) is 24.3 Å². The van der Waals surface area contributed by atoms with Gasteiger partial charge in [0.1, 0.15) is 31.6 Å². The second-order valence-electron chi connectivity index (χ2n) is 7.05. The second kappa shape index (κ2) is 12.2. The maximum Gasteiger partial charge on any atom is 0.276 e. The van der Waals surface area contributed by atoms with Crippen molar-refractivity contribution in [1.82, 2.24) is 4.57 Å². The van der Waals surface area contributed by atoms with E-state index >= 15 is 0 Å². The molecular weight excluding hydrogens is 505 g/mol. The van der Waals surface area contributed by atoms with E-state index in [-0.39, 0.29) is 33.7 Å². The summed E-state index contributed by atoms with van der Waals surface area (Å²) >= 11 is 12.5. The molecule has 0 fully saturated rings. The molecule has 0 aliphatic heterocycles. The molecule has 0 spiro atoms. The molecule has 6 nitrogen and oxygen atoms in total. The van der Waals surface area contributed by atoms with Gasteiger partial charge in [-0.1, -0.05) is 54.7 Å². The Kier molecular flexibility index (Phi) is 9.96. The minimum Gasteiger partial charge on any atom is -1.00 e. The zero-order chi connectivity index (χ0) is 21.5. The summed E-state index contributed by atoms with van der Waals surface area (Å²) in [7, 11) is 0. The van der Waals surface area contributed by atoms with Crippen molar-refractivity contribution in [3.05, 3.63) is 92.5 Å². The number of nitro groups is 1. The van der Waals surface area contributed by atoms with Crippen molar-refractivity contribution in [2.24, 2.45) is 0 Å². The fourth-order valence-corrected chi connectivity index (χ4v) is 3.75. The maximum absolute atomic E-state index is 11.3. The Hall–Kier alpha value is -1.93. The molecule has 1 atom stereocenters. The van der Waals surface area contributed by atoms with Crippen LogP contribution in [0, 0.1) is 10.1 Å². The van der Waals surface area contributed by atoms with E-state index in [9.17, 15) is 10.1 Å². The Labute approximate surface area is 202 Å². The maximum atomic E-state index is 11.3. The van der Waals surface area contributed by atoms with Gasteiger partial charge in [-0.15, -0.1) is 0 Å². The van der Waals surface area contributed by atoms with Crippen molar-refractivity contribution in [1.29, 1.82) is 0 Å². The highest BCUT2D eigenvalue weighted by molar-refractivity contribution is 6.35. The van der Waals surface area contributed by atoms with Crippen molar-refractivity contribution in [2.45, 2.75) is 39.0 Å². The van der Waals surface area contributed by atoms with E-state index in [2.05, 4.69) is 6.92 Å². The zero-order valence-corrected chi connectivity index (χ0v) is 20.2. The summed E-state index contributed by atoms with van der Waals surface area (Å²) in [6.45, 7) is 3.73. The monoisotopic (exact) mass is 527 g/mol. The Morgan fingerprint density at radius 2 is 2.00 bits per heavy atom. The molecular formula is C22H24BrCl2N3O3. The van der Waals surface area contributed by atoms with Gasteiger partial charge in [0.25, 0.3) is 5.69 Å². The lowest BCUT2D eigenvalue weighted by Gasteiger charge is -2.18. The van der Waals surface area contributed by atoms with Crippen LogP contribution in [0.25, 0.3) is 0 Å². The van der Waals surface area contributed by atoms with E-state index in [0.717, 1.165) is 18.4 Å². The van der Waals surface area contributed by atoms with Crippen LogP contribution in [0.3, 0.4) is 0 Å². The van der Waals surface area contributed by atoms with Gasteiger partial charge in [-0.2, -0.15) is 0 Å². The Morgan fingerprint density at radius 3 is 2.71 bits per heavy atom. The third-order valence-corrected chi connectivity index (χ3v) is 5.35. The Morgan fingerprint density at radius 1 is 1.23 bits per heavy atom. The predicted molar refractivity (Wildman–Crippen MR) is 117 cm³/mol. The molecule has 3 rings (SSSR count). The van der Waals surface area contributed by atoms with Crippen LogP contribution in [-0.4, -0.2) is 16.1 Å². The quantitative estimate of drug-likeness (QED) is 0.176. The van der Waals surface area contributed by atoms with Crippen LogP contribution in [0.4, 0.5) is 5.69 Å². The number of hydrogen-bond donors (Lipinski definition) is 0. The summed E-state index contributed by atoms with van der Waals surface area (Å²) in [6, 6.07) is 12.2. The first-order valence-corrected chi connectivity index (χ1v) is 10.6. The first-order valence-electron chi connectivity index (χ1n) is 9.81. The molecule has 0 aliphatic rings. The number of unbranched alkanes of at least 4 members (excludes halogenated alkanes) is 1. The van der Waals surface area contributed by atoms with Gasteiger partial charge < -0.3 is 21.7 Å². The Balaban J connectivity index is 0.00000341. The second-order valence-corrected chi connectivity index (χ2v) is 7.89. The van der Waals surface area contributed by atoms with E-state index in [1.165, 1.54) is 6.07 Å². The van der Waals surface area contributed by atoms with Crippen molar-refractivity contribution in [3.63, 3.8) is 0 Å². The van der Waals surface area contributed by atoms with E-state index in [4.69, 9.17) is 27.9 Å². The minimum absolute atomic E-state index is 0. The lowest BCUT2D eigenvalue weighted by molar-refractivity contribution is -0.688. The first kappa shape index (κ1) is 25.3. The standard InChI is InChI=1S/C22H24Cl2N3O3.BrH/c1-2-3-12-30-22(19-9-8-18(23)13-20(19)24)15-26-11-10-25(16-26)14-17-6-4-5-7-21(17)27(28)29;/h4-11,13,16,22H,2-3,12,14-15H2,1H3;1H/q+1;/p-1. The highest BCUT2D eigenvalue weighted by atomic mass is 79.9. The van der Waals surface area contributed by atoms with Gasteiger partial charge in [-0.05, 0) is 24.6 Å². The normalized spacial score (nSPS) is 11.7. The van der Waals surface area contributed by atoms with Crippen LogP contribution in [0.1, 0.15) is 37.0 Å². The summed E-state index contributed by atoms with van der Waals surface area (Å²) in [5.74, 6) is 0. The van der Waals surface area contributed by atoms with Gasteiger partial charge in [0.05, 0.1) is 10.5 Å². The summed E-state index contributed by atoms with van der Waals surface area (Å²) < 4.78 is 10.0. The van der Waals surface area contributed by atoms with E-state index < -0.39 is 0 Å². The zero-order valence-electron chi connectivity index (χ0n) is 17.1. The smallest absolute Gasteiger partial charge is 0.276 e. The number of nitrogens with zero attached hydrogens (tertiary/aromatic N) is 3. The number of nitro benzene ring substituents is 1. The van der Waals surface area contributed by atoms with Gasteiger partial charge in [0.15, 0.2) is 0 Å².